The average Bonchev–Trinajstić information content (AvgIpc) is 2.97. The number of hydrogen-bond donors (Lipinski definition) is 1. The third-order valence-electron chi connectivity index (χ3n) is 4.38. The molecule has 1 N–H and O–H groups in total. The van der Waals surface area contributed by atoms with Crippen LogP contribution in [0.4, 0.5) is 0 Å². The first kappa shape index (κ1) is 15.5. The van der Waals surface area contributed by atoms with Crippen molar-refractivity contribution < 1.29 is 0 Å². The van der Waals surface area contributed by atoms with Crippen LogP contribution in [0.1, 0.15) is 50.6 Å². The molecule has 2 rings (SSSR count). The van der Waals surface area contributed by atoms with Crippen LogP contribution in [-0.2, 0) is 0 Å². The summed E-state index contributed by atoms with van der Waals surface area (Å²) in [6, 6.07) is 11.3. The predicted molar refractivity (Wildman–Crippen MR) is 86.9 cm³/mol. The summed E-state index contributed by atoms with van der Waals surface area (Å²) in [5, 5.41) is 3.70. The minimum absolute atomic E-state index is 0.461. The zero-order chi connectivity index (χ0) is 14.2. The van der Waals surface area contributed by atoms with E-state index in [2.05, 4.69) is 54.5 Å². The summed E-state index contributed by atoms with van der Waals surface area (Å²) in [6.45, 7) is 5.70. The maximum absolute atomic E-state index is 3.70. The highest BCUT2D eigenvalue weighted by Crippen LogP contribution is 2.25. The number of hydrogen-bond acceptors (Lipinski definition) is 2. The molecule has 0 bridgehead atoms. The number of likely N-dealkylation sites (N-methyl/N-ethyl adjacent to an activating group) is 1. The van der Waals surface area contributed by atoms with Gasteiger partial charge in [-0.15, -0.1) is 0 Å². The van der Waals surface area contributed by atoms with Crippen molar-refractivity contribution in [2.75, 3.05) is 26.7 Å². The molecule has 0 aromatic heterocycles. The van der Waals surface area contributed by atoms with E-state index in [1.165, 1.54) is 44.2 Å². The highest BCUT2D eigenvalue weighted by molar-refractivity contribution is 5.19. The molecule has 20 heavy (non-hydrogen) atoms. The van der Waals surface area contributed by atoms with Crippen molar-refractivity contribution in [3.63, 3.8) is 0 Å². The largest absolute Gasteiger partial charge is 0.309 e. The van der Waals surface area contributed by atoms with Crippen LogP contribution in [-0.4, -0.2) is 31.6 Å². The van der Waals surface area contributed by atoms with Crippen LogP contribution in [0.15, 0.2) is 30.3 Å². The van der Waals surface area contributed by atoms with Gasteiger partial charge in [0, 0.05) is 19.1 Å². The lowest BCUT2D eigenvalue weighted by molar-refractivity contribution is 0.249. The molecule has 0 radical (unpaired) electrons. The number of rotatable bonds is 8. The zero-order valence-corrected chi connectivity index (χ0v) is 13.1. The van der Waals surface area contributed by atoms with Gasteiger partial charge in [0.05, 0.1) is 0 Å². The second-order valence-corrected chi connectivity index (χ2v) is 6.29. The topological polar surface area (TPSA) is 15.3 Å². The maximum Gasteiger partial charge on any atom is 0.0449 e. The molecule has 0 aliphatic heterocycles. The summed E-state index contributed by atoms with van der Waals surface area (Å²) >= 11 is 0. The molecule has 1 unspecified atom stereocenters. The van der Waals surface area contributed by atoms with E-state index in [-0.39, 0.29) is 0 Å². The number of nitrogens with one attached hydrogen (secondary N) is 1. The molecule has 2 nitrogen and oxygen atoms in total. The van der Waals surface area contributed by atoms with Gasteiger partial charge < -0.3 is 10.2 Å². The smallest absolute Gasteiger partial charge is 0.0449 e. The van der Waals surface area contributed by atoms with Gasteiger partial charge in [-0.2, -0.15) is 0 Å². The summed E-state index contributed by atoms with van der Waals surface area (Å²) < 4.78 is 0. The van der Waals surface area contributed by atoms with Gasteiger partial charge in [0.15, 0.2) is 0 Å². The second-order valence-electron chi connectivity index (χ2n) is 6.29. The Kier molecular flexibility index (Phi) is 6.55. The van der Waals surface area contributed by atoms with Crippen molar-refractivity contribution in [1.82, 2.24) is 10.2 Å². The Hall–Kier alpha value is -0.860. The summed E-state index contributed by atoms with van der Waals surface area (Å²) in [4.78, 5) is 2.52. The molecule has 0 heterocycles. The molecule has 1 aliphatic carbocycles. The van der Waals surface area contributed by atoms with E-state index in [9.17, 15) is 0 Å². The normalized spacial score (nSPS) is 17.8. The summed E-state index contributed by atoms with van der Waals surface area (Å²) in [6.07, 6.45) is 6.94. The van der Waals surface area contributed by atoms with Gasteiger partial charge in [-0.05, 0) is 44.3 Å². The fraction of sp³-hybridized carbons (Fsp3) is 0.667. The first-order valence-corrected chi connectivity index (χ1v) is 8.26. The molecule has 2 heteroatoms. The van der Waals surface area contributed by atoms with Crippen LogP contribution in [0, 0.1) is 5.92 Å². The van der Waals surface area contributed by atoms with Gasteiger partial charge in [0.1, 0.15) is 0 Å². The molecule has 0 saturated heterocycles. The third-order valence-corrected chi connectivity index (χ3v) is 4.38. The Balaban J connectivity index is 1.89. The van der Waals surface area contributed by atoms with Crippen LogP contribution in [0.5, 0.6) is 0 Å². The van der Waals surface area contributed by atoms with Crippen LogP contribution in [0.2, 0.25) is 0 Å². The minimum Gasteiger partial charge on any atom is -0.309 e. The van der Waals surface area contributed by atoms with E-state index in [1.807, 2.05) is 0 Å². The molecular formula is C18H30N2. The monoisotopic (exact) mass is 274 g/mol. The maximum atomic E-state index is 3.70. The van der Waals surface area contributed by atoms with Gasteiger partial charge in [0.25, 0.3) is 0 Å². The SMILES string of the molecule is CCCNC(CN(C)CC1CCCC1)c1ccccc1. The number of nitrogens with zero attached hydrogens (tertiary/aromatic N) is 1. The first-order chi connectivity index (χ1) is 9.79. The fourth-order valence-electron chi connectivity index (χ4n) is 3.31. The lowest BCUT2D eigenvalue weighted by Gasteiger charge is -2.27. The highest BCUT2D eigenvalue weighted by atomic mass is 15.1. The Morgan fingerprint density at radius 3 is 2.55 bits per heavy atom. The molecule has 1 aliphatic rings. The lowest BCUT2D eigenvalue weighted by atomic mass is 10.0. The van der Waals surface area contributed by atoms with Gasteiger partial charge in [-0.3, -0.25) is 0 Å². The lowest BCUT2D eigenvalue weighted by Crippen LogP contribution is -2.35. The third kappa shape index (κ3) is 4.92. The van der Waals surface area contributed by atoms with Gasteiger partial charge in [0.2, 0.25) is 0 Å². The van der Waals surface area contributed by atoms with Gasteiger partial charge >= 0.3 is 0 Å². The van der Waals surface area contributed by atoms with Crippen LogP contribution >= 0.6 is 0 Å². The van der Waals surface area contributed by atoms with Crippen molar-refractivity contribution in [2.45, 2.75) is 45.1 Å². The van der Waals surface area contributed by atoms with Crippen molar-refractivity contribution in [3.05, 3.63) is 35.9 Å². The van der Waals surface area contributed by atoms with E-state index in [1.54, 1.807) is 0 Å². The number of benzene rings is 1. The van der Waals surface area contributed by atoms with Gasteiger partial charge in [-0.1, -0.05) is 50.1 Å². The van der Waals surface area contributed by atoms with Crippen LogP contribution < -0.4 is 5.32 Å². The van der Waals surface area contributed by atoms with E-state index < -0.39 is 0 Å². The highest BCUT2D eigenvalue weighted by Gasteiger charge is 2.19. The Morgan fingerprint density at radius 2 is 1.90 bits per heavy atom. The van der Waals surface area contributed by atoms with E-state index in [0.717, 1.165) is 19.0 Å². The molecule has 0 spiro atoms. The predicted octanol–water partition coefficient (Wildman–Crippen LogP) is 3.85. The summed E-state index contributed by atoms with van der Waals surface area (Å²) in [7, 11) is 2.28. The molecule has 1 aromatic carbocycles. The van der Waals surface area contributed by atoms with Crippen molar-refractivity contribution in [2.24, 2.45) is 5.92 Å². The summed E-state index contributed by atoms with van der Waals surface area (Å²) in [5.74, 6) is 0.933. The molecule has 112 valence electrons. The molecule has 1 fully saturated rings. The fourth-order valence-corrected chi connectivity index (χ4v) is 3.31. The van der Waals surface area contributed by atoms with E-state index >= 15 is 0 Å². The molecule has 1 saturated carbocycles. The Labute approximate surface area is 124 Å². The van der Waals surface area contributed by atoms with E-state index in [4.69, 9.17) is 0 Å². The molecule has 0 amide bonds. The van der Waals surface area contributed by atoms with Crippen LogP contribution in [0.25, 0.3) is 0 Å². The van der Waals surface area contributed by atoms with Gasteiger partial charge in [-0.25, -0.2) is 0 Å². The van der Waals surface area contributed by atoms with Crippen molar-refractivity contribution in [3.8, 4) is 0 Å². The first-order valence-electron chi connectivity index (χ1n) is 8.26. The molecular weight excluding hydrogens is 244 g/mol. The van der Waals surface area contributed by atoms with E-state index in [0.29, 0.717) is 6.04 Å². The average molecular weight is 274 g/mol. The van der Waals surface area contributed by atoms with Crippen molar-refractivity contribution >= 4 is 0 Å². The zero-order valence-electron chi connectivity index (χ0n) is 13.1. The standard InChI is InChI=1S/C18H30N2/c1-3-13-19-18(17-11-5-4-6-12-17)15-20(2)14-16-9-7-8-10-16/h4-6,11-12,16,18-19H,3,7-10,13-15H2,1-2H3. The molecule has 1 atom stereocenters. The van der Waals surface area contributed by atoms with Crippen LogP contribution in [0.3, 0.4) is 0 Å². The Morgan fingerprint density at radius 1 is 1.20 bits per heavy atom. The molecule has 1 aromatic rings. The minimum atomic E-state index is 0.461. The second kappa shape index (κ2) is 8.43. The Bertz CT molecular complexity index is 357. The van der Waals surface area contributed by atoms with Crippen molar-refractivity contribution in [1.29, 1.82) is 0 Å². The summed E-state index contributed by atoms with van der Waals surface area (Å²) in [5.41, 5.74) is 1.42. The quantitative estimate of drug-likeness (QED) is 0.774.